The lowest BCUT2D eigenvalue weighted by molar-refractivity contribution is -0.133. The van der Waals surface area contributed by atoms with Gasteiger partial charge < -0.3 is 10.2 Å². The number of hydrogen-bond acceptors (Lipinski definition) is 2. The van der Waals surface area contributed by atoms with Crippen LogP contribution in [0.3, 0.4) is 0 Å². The van der Waals surface area contributed by atoms with E-state index in [1.54, 1.807) is 4.90 Å². The third kappa shape index (κ3) is 3.95. The van der Waals surface area contributed by atoms with Crippen LogP contribution in [0.25, 0.3) is 0 Å². The van der Waals surface area contributed by atoms with Crippen LogP contribution >= 0.6 is 11.6 Å². The second-order valence-electron chi connectivity index (χ2n) is 5.46. The van der Waals surface area contributed by atoms with Crippen molar-refractivity contribution in [1.29, 1.82) is 0 Å². The first kappa shape index (κ1) is 14.4. The molecule has 3 nitrogen and oxygen atoms in total. The van der Waals surface area contributed by atoms with Crippen molar-refractivity contribution in [2.75, 3.05) is 13.6 Å². The normalized spacial score (nSPS) is 23.1. The van der Waals surface area contributed by atoms with Crippen LogP contribution in [0.5, 0.6) is 0 Å². The molecule has 1 fully saturated rings. The van der Waals surface area contributed by atoms with Gasteiger partial charge in [-0.1, -0.05) is 30.7 Å². The summed E-state index contributed by atoms with van der Waals surface area (Å²) in [7, 11) is 1.85. The highest BCUT2D eigenvalue weighted by Gasteiger charge is 2.26. The van der Waals surface area contributed by atoms with Crippen LogP contribution in [0, 0.1) is 5.92 Å². The van der Waals surface area contributed by atoms with Gasteiger partial charge in [0.1, 0.15) is 0 Å². The number of carbonyl (C=O) groups is 1. The predicted octanol–water partition coefficient (Wildman–Crippen LogP) is 2.69. The molecule has 2 atom stereocenters. The Morgan fingerprint density at radius 1 is 1.53 bits per heavy atom. The largest absolute Gasteiger partial charge is 0.340 e. The van der Waals surface area contributed by atoms with Crippen LogP contribution in [0.1, 0.15) is 25.3 Å². The van der Waals surface area contributed by atoms with Gasteiger partial charge in [-0.3, -0.25) is 4.79 Å². The first-order valence-electron chi connectivity index (χ1n) is 6.79. The number of piperidine rings is 1. The molecule has 1 aliphatic heterocycles. The molecule has 0 saturated carbocycles. The van der Waals surface area contributed by atoms with Gasteiger partial charge in [0.25, 0.3) is 0 Å². The highest BCUT2D eigenvalue weighted by atomic mass is 35.5. The summed E-state index contributed by atoms with van der Waals surface area (Å²) in [5.74, 6) is 0.793. The van der Waals surface area contributed by atoms with Crippen LogP contribution < -0.4 is 5.32 Å². The molecule has 1 aromatic carbocycles. The lowest BCUT2D eigenvalue weighted by Gasteiger charge is -2.30. The zero-order valence-electron chi connectivity index (χ0n) is 11.5. The van der Waals surface area contributed by atoms with E-state index < -0.39 is 0 Å². The number of likely N-dealkylation sites (N-methyl/N-ethyl adjacent to an activating group) is 1. The van der Waals surface area contributed by atoms with Crippen molar-refractivity contribution in [3.05, 3.63) is 34.9 Å². The molecule has 1 heterocycles. The van der Waals surface area contributed by atoms with Crippen molar-refractivity contribution in [1.82, 2.24) is 10.2 Å². The van der Waals surface area contributed by atoms with Crippen molar-refractivity contribution in [3.63, 3.8) is 0 Å². The molecule has 1 aliphatic rings. The van der Waals surface area contributed by atoms with Crippen molar-refractivity contribution < 1.29 is 4.79 Å². The Kier molecular flexibility index (Phi) is 4.83. The number of carbonyl (C=O) groups excluding carboxylic acids is 1. The fourth-order valence-electron chi connectivity index (χ4n) is 2.55. The molecule has 2 unspecified atom stereocenters. The molecule has 4 heteroatoms. The first-order chi connectivity index (χ1) is 9.06. The van der Waals surface area contributed by atoms with Gasteiger partial charge >= 0.3 is 0 Å². The standard InChI is InChI=1S/C15H21ClN2O/c1-11-6-7-17-14(8-11)15(19)18(2)10-12-4-3-5-13(16)9-12/h3-5,9,11,14,17H,6-8,10H2,1-2H3. The molecular weight excluding hydrogens is 260 g/mol. The average molecular weight is 281 g/mol. The van der Waals surface area contributed by atoms with Crippen molar-refractivity contribution in [3.8, 4) is 0 Å². The van der Waals surface area contributed by atoms with Gasteiger partial charge in [0.2, 0.25) is 5.91 Å². The smallest absolute Gasteiger partial charge is 0.239 e. The van der Waals surface area contributed by atoms with E-state index in [1.807, 2.05) is 31.3 Å². The van der Waals surface area contributed by atoms with E-state index in [4.69, 9.17) is 11.6 Å². The molecule has 0 aromatic heterocycles. The fraction of sp³-hybridized carbons (Fsp3) is 0.533. The Bertz CT molecular complexity index is 450. The summed E-state index contributed by atoms with van der Waals surface area (Å²) in [4.78, 5) is 14.1. The molecule has 1 amide bonds. The molecule has 1 saturated heterocycles. The summed E-state index contributed by atoms with van der Waals surface area (Å²) < 4.78 is 0. The molecule has 0 aliphatic carbocycles. The van der Waals surface area contributed by atoms with Crippen LogP contribution in [0.15, 0.2) is 24.3 Å². The minimum absolute atomic E-state index is 0.0343. The van der Waals surface area contributed by atoms with Gasteiger partial charge in [0.15, 0.2) is 0 Å². The van der Waals surface area contributed by atoms with Gasteiger partial charge in [-0.25, -0.2) is 0 Å². The average Bonchev–Trinajstić information content (AvgIpc) is 2.38. The van der Waals surface area contributed by atoms with Crippen LogP contribution in [0.4, 0.5) is 0 Å². The van der Waals surface area contributed by atoms with Crippen LogP contribution in [-0.4, -0.2) is 30.4 Å². The number of amides is 1. The maximum Gasteiger partial charge on any atom is 0.239 e. The fourth-order valence-corrected chi connectivity index (χ4v) is 2.76. The molecule has 0 radical (unpaired) electrons. The third-order valence-electron chi connectivity index (χ3n) is 3.65. The van der Waals surface area contributed by atoms with Gasteiger partial charge in [-0.05, 0) is 43.0 Å². The first-order valence-corrected chi connectivity index (χ1v) is 7.17. The van der Waals surface area contributed by atoms with Gasteiger partial charge in [-0.2, -0.15) is 0 Å². The summed E-state index contributed by atoms with van der Waals surface area (Å²) in [5.41, 5.74) is 1.06. The molecular formula is C15H21ClN2O. The van der Waals surface area contributed by atoms with Crippen molar-refractivity contribution in [2.24, 2.45) is 5.92 Å². The molecule has 2 rings (SSSR count). The minimum atomic E-state index is -0.0343. The highest BCUT2D eigenvalue weighted by molar-refractivity contribution is 6.30. The topological polar surface area (TPSA) is 32.3 Å². The van der Waals surface area contributed by atoms with Crippen LogP contribution in [0.2, 0.25) is 5.02 Å². The predicted molar refractivity (Wildman–Crippen MR) is 78.1 cm³/mol. The number of hydrogen-bond donors (Lipinski definition) is 1. The molecule has 0 spiro atoms. The van der Waals surface area contributed by atoms with Gasteiger partial charge in [0, 0.05) is 18.6 Å². The molecule has 1 aromatic rings. The summed E-state index contributed by atoms with van der Waals surface area (Å²) in [6, 6.07) is 7.62. The molecule has 0 bridgehead atoms. The lowest BCUT2D eigenvalue weighted by Crippen LogP contribution is -2.48. The number of rotatable bonds is 3. The molecule has 1 N–H and O–H groups in total. The van der Waals surface area contributed by atoms with E-state index in [-0.39, 0.29) is 11.9 Å². The summed E-state index contributed by atoms with van der Waals surface area (Å²) >= 11 is 5.96. The van der Waals surface area contributed by atoms with Crippen LogP contribution in [-0.2, 0) is 11.3 Å². The number of nitrogens with zero attached hydrogens (tertiary/aromatic N) is 1. The number of halogens is 1. The Balaban J connectivity index is 1.95. The second-order valence-corrected chi connectivity index (χ2v) is 5.90. The Morgan fingerprint density at radius 3 is 3.00 bits per heavy atom. The van der Waals surface area contributed by atoms with Gasteiger partial charge in [-0.15, -0.1) is 0 Å². The quantitative estimate of drug-likeness (QED) is 0.923. The summed E-state index contributed by atoms with van der Waals surface area (Å²) in [6.07, 6.45) is 2.08. The Morgan fingerprint density at radius 2 is 2.32 bits per heavy atom. The Hall–Kier alpha value is -1.06. The number of nitrogens with one attached hydrogen (secondary N) is 1. The van der Waals surface area contributed by atoms with E-state index in [2.05, 4.69) is 12.2 Å². The number of benzene rings is 1. The van der Waals surface area contributed by atoms with E-state index >= 15 is 0 Å². The highest BCUT2D eigenvalue weighted by Crippen LogP contribution is 2.18. The van der Waals surface area contributed by atoms with E-state index in [0.717, 1.165) is 24.9 Å². The minimum Gasteiger partial charge on any atom is -0.340 e. The third-order valence-corrected chi connectivity index (χ3v) is 3.88. The SMILES string of the molecule is CC1CCNC(C(=O)N(C)Cc2cccc(Cl)c2)C1. The Labute approximate surface area is 119 Å². The lowest BCUT2D eigenvalue weighted by atomic mass is 9.93. The molecule has 104 valence electrons. The second kappa shape index (κ2) is 6.40. The maximum absolute atomic E-state index is 12.4. The molecule has 19 heavy (non-hydrogen) atoms. The maximum atomic E-state index is 12.4. The summed E-state index contributed by atoms with van der Waals surface area (Å²) in [5, 5.41) is 4.02. The summed E-state index contributed by atoms with van der Waals surface area (Å²) in [6.45, 7) is 3.74. The zero-order chi connectivity index (χ0) is 13.8. The van der Waals surface area contributed by atoms with E-state index in [9.17, 15) is 4.79 Å². The van der Waals surface area contributed by atoms with E-state index in [1.165, 1.54) is 0 Å². The van der Waals surface area contributed by atoms with E-state index in [0.29, 0.717) is 17.5 Å². The monoisotopic (exact) mass is 280 g/mol. The van der Waals surface area contributed by atoms with Crippen molar-refractivity contribution >= 4 is 17.5 Å². The van der Waals surface area contributed by atoms with Crippen molar-refractivity contribution in [2.45, 2.75) is 32.4 Å². The zero-order valence-corrected chi connectivity index (χ0v) is 12.3. The van der Waals surface area contributed by atoms with Gasteiger partial charge in [0.05, 0.1) is 6.04 Å².